The van der Waals surface area contributed by atoms with Crippen LogP contribution in [0.15, 0.2) is 0 Å². The first kappa shape index (κ1) is 17.4. The van der Waals surface area contributed by atoms with E-state index >= 15 is 0 Å². The molecule has 2 atom stereocenters. The summed E-state index contributed by atoms with van der Waals surface area (Å²) in [5.41, 5.74) is 5.43. The molecular weight excluding hydrogens is 252 g/mol. The van der Waals surface area contributed by atoms with E-state index in [1.807, 2.05) is 6.92 Å². The summed E-state index contributed by atoms with van der Waals surface area (Å²) in [5.74, 6) is -1.80. The SMILES string of the molecule is COC(=O)CC[C@H](NC(=O)CCC(C)CN)C(=O)O. The molecule has 7 heteroatoms. The van der Waals surface area contributed by atoms with E-state index in [1.165, 1.54) is 7.11 Å². The first-order valence-corrected chi connectivity index (χ1v) is 6.19. The molecule has 110 valence electrons. The van der Waals surface area contributed by atoms with Gasteiger partial charge in [-0.2, -0.15) is 0 Å². The van der Waals surface area contributed by atoms with E-state index in [-0.39, 0.29) is 31.1 Å². The van der Waals surface area contributed by atoms with Crippen molar-refractivity contribution in [1.82, 2.24) is 5.32 Å². The number of rotatable bonds is 9. The second-order valence-corrected chi connectivity index (χ2v) is 4.45. The number of carboxylic acid groups (broad SMARTS) is 1. The molecule has 0 aliphatic heterocycles. The molecule has 0 rings (SSSR count). The fourth-order valence-corrected chi connectivity index (χ4v) is 1.38. The van der Waals surface area contributed by atoms with E-state index in [0.29, 0.717) is 13.0 Å². The molecule has 4 N–H and O–H groups in total. The van der Waals surface area contributed by atoms with Crippen molar-refractivity contribution in [2.75, 3.05) is 13.7 Å². The number of nitrogens with two attached hydrogens (primary N) is 1. The van der Waals surface area contributed by atoms with Crippen LogP contribution in [0.25, 0.3) is 0 Å². The molecule has 0 aromatic heterocycles. The molecule has 19 heavy (non-hydrogen) atoms. The van der Waals surface area contributed by atoms with Crippen molar-refractivity contribution in [3.8, 4) is 0 Å². The molecule has 7 nitrogen and oxygen atoms in total. The van der Waals surface area contributed by atoms with Gasteiger partial charge in [-0.15, -0.1) is 0 Å². The van der Waals surface area contributed by atoms with Gasteiger partial charge in [0.05, 0.1) is 7.11 Å². The van der Waals surface area contributed by atoms with Gasteiger partial charge in [-0.1, -0.05) is 6.92 Å². The van der Waals surface area contributed by atoms with Crippen LogP contribution in [0, 0.1) is 5.92 Å². The Morgan fingerprint density at radius 2 is 1.89 bits per heavy atom. The van der Waals surface area contributed by atoms with Gasteiger partial charge in [-0.3, -0.25) is 9.59 Å². The molecule has 0 heterocycles. The van der Waals surface area contributed by atoms with Crippen molar-refractivity contribution in [3.63, 3.8) is 0 Å². The number of hydrogen-bond donors (Lipinski definition) is 3. The highest BCUT2D eigenvalue weighted by molar-refractivity contribution is 5.84. The zero-order valence-electron chi connectivity index (χ0n) is 11.3. The first-order chi connectivity index (χ1) is 8.90. The van der Waals surface area contributed by atoms with Crippen molar-refractivity contribution in [3.05, 3.63) is 0 Å². The molecule has 0 aliphatic rings. The van der Waals surface area contributed by atoms with Crippen molar-refractivity contribution < 1.29 is 24.2 Å². The Morgan fingerprint density at radius 1 is 1.26 bits per heavy atom. The molecule has 1 amide bonds. The van der Waals surface area contributed by atoms with Crippen molar-refractivity contribution in [2.45, 2.75) is 38.6 Å². The molecule has 0 saturated carbocycles. The Morgan fingerprint density at radius 3 is 2.37 bits per heavy atom. The lowest BCUT2D eigenvalue weighted by Gasteiger charge is -2.14. The fourth-order valence-electron chi connectivity index (χ4n) is 1.38. The van der Waals surface area contributed by atoms with E-state index in [2.05, 4.69) is 10.1 Å². The molecule has 1 unspecified atom stereocenters. The van der Waals surface area contributed by atoms with Crippen molar-refractivity contribution in [2.24, 2.45) is 11.7 Å². The van der Waals surface area contributed by atoms with E-state index in [9.17, 15) is 14.4 Å². The smallest absolute Gasteiger partial charge is 0.326 e. The second-order valence-electron chi connectivity index (χ2n) is 4.45. The third-order valence-electron chi connectivity index (χ3n) is 2.76. The van der Waals surface area contributed by atoms with E-state index < -0.39 is 18.0 Å². The standard InChI is InChI=1S/C12H22N2O5/c1-8(7-13)3-5-10(15)14-9(12(17)18)4-6-11(16)19-2/h8-9H,3-7,13H2,1-2H3,(H,14,15)(H,17,18)/t8?,9-/m0/s1. The topological polar surface area (TPSA) is 119 Å². The average Bonchev–Trinajstić information content (AvgIpc) is 2.39. The minimum Gasteiger partial charge on any atom is -0.480 e. The van der Waals surface area contributed by atoms with Gasteiger partial charge in [0, 0.05) is 12.8 Å². The predicted octanol–water partition coefficient (Wildman–Crippen LogP) is -0.116. The highest BCUT2D eigenvalue weighted by Crippen LogP contribution is 2.05. The zero-order valence-corrected chi connectivity index (χ0v) is 11.3. The summed E-state index contributed by atoms with van der Waals surface area (Å²) >= 11 is 0. The zero-order chi connectivity index (χ0) is 14.8. The van der Waals surface area contributed by atoms with Crippen LogP contribution in [0.4, 0.5) is 0 Å². The van der Waals surface area contributed by atoms with Gasteiger partial charge in [0.15, 0.2) is 0 Å². The van der Waals surface area contributed by atoms with Crippen LogP contribution in [-0.4, -0.2) is 42.6 Å². The largest absolute Gasteiger partial charge is 0.480 e. The fraction of sp³-hybridized carbons (Fsp3) is 0.750. The summed E-state index contributed by atoms with van der Waals surface area (Å²) in [6.07, 6.45) is 0.791. The van der Waals surface area contributed by atoms with Crippen molar-refractivity contribution >= 4 is 17.8 Å². The second kappa shape index (κ2) is 9.32. The first-order valence-electron chi connectivity index (χ1n) is 6.19. The van der Waals surface area contributed by atoms with Crippen LogP contribution in [0.2, 0.25) is 0 Å². The number of ether oxygens (including phenoxy) is 1. The number of hydrogen-bond acceptors (Lipinski definition) is 5. The Labute approximate surface area is 112 Å². The van der Waals surface area contributed by atoms with Crippen LogP contribution < -0.4 is 11.1 Å². The number of methoxy groups -OCH3 is 1. The number of carboxylic acids is 1. The lowest BCUT2D eigenvalue weighted by atomic mass is 10.1. The molecule has 0 aromatic carbocycles. The van der Waals surface area contributed by atoms with Gasteiger partial charge >= 0.3 is 11.9 Å². The Kier molecular flexibility index (Phi) is 8.52. The van der Waals surface area contributed by atoms with Crippen LogP contribution in [0.1, 0.15) is 32.6 Å². The van der Waals surface area contributed by atoms with E-state index in [4.69, 9.17) is 10.8 Å². The minimum atomic E-state index is -1.16. The van der Waals surface area contributed by atoms with Crippen molar-refractivity contribution in [1.29, 1.82) is 0 Å². The maximum absolute atomic E-state index is 11.6. The summed E-state index contributed by atoms with van der Waals surface area (Å²) in [7, 11) is 1.23. The molecule has 0 spiro atoms. The number of nitrogens with one attached hydrogen (secondary N) is 1. The van der Waals surface area contributed by atoms with E-state index in [0.717, 1.165) is 0 Å². The maximum Gasteiger partial charge on any atom is 0.326 e. The lowest BCUT2D eigenvalue weighted by Crippen LogP contribution is -2.41. The Bertz CT molecular complexity index is 319. The van der Waals surface area contributed by atoms with Gasteiger partial charge < -0.3 is 20.9 Å². The number of carbonyl (C=O) groups is 3. The average molecular weight is 274 g/mol. The van der Waals surface area contributed by atoms with Crippen LogP contribution >= 0.6 is 0 Å². The lowest BCUT2D eigenvalue weighted by molar-refractivity contribution is -0.144. The molecular formula is C12H22N2O5. The summed E-state index contributed by atoms with van der Waals surface area (Å²) in [4.78, 5) is 33.4. The van der Waals surface area contributed by atoms with Crippen LogP contribution in [0.5, 0.6) is 0 Å². The summed E-state index contributed by atoms with van der Waals surface area (Å²) in [6.45, 7) is 2.40. The minimum absolute atomic E-state index is 0.0141. The molecule has 0 aliphatic carbocycles. The molecule has 0 fully saturated rings. The highest BCUT2D eigenvalue weighted by atomic mass is 16.5. The summed E-state index contributed by atoms with van der Waals surface area (Å²) < 4.78 is 4.42. The van der Waals surface area contributed by atoms with Gasteiger partial charge in [-0.25, -0.2) is 4.79 Å². The summed E-state index contributed by atoms with van der Waals surface area (Å²) in [5, 5.41) is 11.3. The van der Waals surface area contributed by atoms with Gasteiger partial charge in [-0.05, 0) is 25.3 Å². The Hall–Kier alpha value is -1.63. The molecule has 0 aromatic rings. The molecule has 0 radical (unpaired) electrons. The normalized spacial score (nSPS) is 13.4. The number of amides is 1. The highest BCUT2D eigenvalue weighted by Gasteiger charge is 2.21. The predicted molar refractivity (Wildman–Crippen MR) is 68.3 cm³/mol. The summed E-state index contributed by atoms with van der Waals surface area (Å²) in [6, 6.07) is -1.07. The van der Waals surface area contributed by atoms with Gasteiger partial charge in [0.25, 0.3) is 0 Å². The monoisotopic (exact) mass is 274 g/mol. The van der Waals surface area contributed by atoms with Crippen LogP contribution in [0.3, 0.4) is 0 Å². The van der Waals surface area contributed by atoms with E-state index in [1.54, 1.807) is 0 Å². The van der Waals surface area contributed by atoms with Crippen LogP contribution in [-0.2, 0) is 19.1 Å². The number of aliphatic carboxylic acids is 1. The van der Waals surface area contributed by atoms with Gasteiger partial charge in [0.2, 0.25) is 5.91 Å². The third kappa shape index (κ3) is 8.15. The maximum atomic E-state index is 11.6. The molecule has 0 saturated heterocycles. The number of esters is 1. The number of carbonyl (C=O) groups excluding carboxylic acids is 2. The van der Waals surface area contributed by atoms with Gasteiger partial charge in [0.1, 0.15) is 6.04 Å². The quantitative estimate of drug-likeness (QED) is 0.504. The third-order valence-corrected chi connectivity index (χ3v) is 2.76. The molecule has 0 bridgehead atoms. The Balaban J connectivity index is 4.15.